The Morgan fingerprint density at radius 2 is 2.35 bits per heavy atom. The van der Waals surface area contributed by atoms with Gasteiger partial charge in [-0.15, -0.1) is 6.42 Å². The molecule has 1 unspecified atom stereocenters. The summed E-state index contributed by atoms with van der Waals surface area (Å²) in [5.41, 5.74) is 0.421. The number of benzene rings is 1. The fourth-order valence-corrected chi connectivity index (χ4v) is 1.56. The second-order valence-corrected chi connectivity index (χ2v) is 4.12. The lowest BCUT2D eigenvalue weighted by atomic mass is 10.2. The number of halogens is 2. The summed E-state index contributed by atoms with van der Waals surface area (Å²) in [4.78, 5) is 10.8. The lowest BCUT2D eigenvalue weighted by molar-refractivity contribution is -0.145. The number of terminal acetylenes is 1. The van der Waals surface area contributed by atoms with Gasteiger partial charge in [0.2, 0.25) is 0 Å². The van der Waals surface area contributed by atoms with Crippen LogP contribution in [0.15, 0.2) is 22.7 Å². The zero-order valence-corrected chi connectivity index (χ0v) is 10.4. The molecule has 0 bridgehead atoms. The molecule has 0 fully saturated rings. The average Bonchev–Trinajstić information content (AvgIpc) is 2.30. The van der Waals surface area contributed by atoms with Crippen LogP contribution in [0.3, 0.4) is 0 Å². The van der Waals surface area contributed by atoms with E-state index in [9.17, 15) is 9.18 Å². The Hall–Kier alpha value is -1.54. The first-order chi connectivity index (χ1) is 8.08. The van der Waals surface area contributed by atoms with Gasteiger partial charge in [0.15, 0.2) is 6.10 Å². The summed E-state index contributed by atoms with van der Waals surface area (Å²) in [5, 5.41) is 8.83. The summed E-state index contributed by atoms with van der Waals surface area (Å²) in [6.45, 7) is -0.765. The van der Waals surface area contributed by atoms with Crippen molar-refractivity contribution < 1.29 is 19.0 Å². The van der Waals surface area contributed by atoms with Crippen molar-refractivity contribution in [1.29, 1.82) is 0 Å². The van der Waals surface area contributed by atoms with E-state index in [-0.39, 0.29) is 12.2 Å². The molecule has 3 nitrogen and oxygen atoms in total. The number of aliphatic carboxylic acids is 1. The largest absolute Gasteiger partial charge is 0.479 e. The second-order valence-electron chi connectivity index (χ2n) is 3.21. The molecule has 0 aromatic heterocycles. The lowest BCUT2D eigenvalue weighted by Gasteiger charge is -2.15. The van der Waals surface area contributed by atoms with Crippen LogP contribution in [0.4, 0.5) is 4.39 Å². The molecule has 0 aliphatic carbocycles. The van der Waals surface area contributed by atoms with Gasteiger partial charge < -0.3 is 9.84 Å². The molecular formula is C12H10BrFO3. The van der Waals surface area contributed by atoms with Gasteiger partial charge in [0.05, 0.1) is 12.2 Å². The zero-order chi connectivity index (χ0) is 12.8. The summed E-state index contributed by atoms with van der Waals surface area (Å²) >= 11 is 3.24. The van der Waals surface area contributed by atoms with Gasteiger partial charge in [-0.3, -0.25) is 4.39 Å². The Balaban J connectivity index is 2.93. The highest BCUT2D eigenvalue weighted by molar-refractivity contribution is 9.10. The van der Waals surface area contributed by atoms with E-state index in [2.05, 4.69) is 21.9 Å². The lowest BCUT2D eigenvalue weighted by Crippen LogP contribution is -2.27. The van der Waals surface area contributed by atoms with Crippen molar-refractivity contribution >= 4 is 21.9 Å². The fraction of sp³-hybridized carbons (Fsp3) is 0.250. The number of carboxylic acid groups (broad SMARTS) is 1. The van der Waals surface area contributed by atoms with Crippen LogP contribution < -0.4 is 4.74 Å². The van der Waals surface area contributed by atoms with E-state index >= 15 is 0 Å². The molecule has 0 radical (unpaired) electrons. The van der Waals surface area contributed by atoms with E-state index in [4.69, 9.17) is 16.3 Å². The number of ether oxygens (including phenoxy) is 1. The molecule has 5 heteroatoms. The van der Waals surface area contributed by atoms with E-state index in [1.165, 1.54) is 0 Å². The van der Waals surface area contributed by atoms with Gasteiger partial charge in [-0.05, 0) is 18.2 Å². The van der Waals surface area contributed by atoms with Crippen LogP contribution in [0, 0.1) is 12.3 Å². The molecule has 1 aromatic carbocycles. The molecule has 1 aromatic rings. The standard InChI is InChI=1S/C12H10BrFO3/c1-2-8-7-9(13)3-4-10(8)17-11(5-6-14)12(15)16/h1,3-4,7,11H,5-6H2,(H,15,16). The van der Waals surface area contributed by atoms with Crippen molar-refractivity contribution in [3.05, 3.63) is 28.2 Å². The van der Waals surface area contributed by atoms with Gasteiger partial charge in [-0.1, -0.05) is 21.9 Å². The third-order valence-corrected chi connectivity index (χ3v) is 2.51. The normalized spacial score (nSPS) is 11.6. The van der Waals surface area contributed by atoms with Crippen molar-refractivity contribution in [3.63, 3.8) is 0 Å². The Bertz CT molecular complexity index is 454. The second kappa shape index (κ2) is 6.26. The third kappa shape index (κ3) is 3.75. The van der Waals surface area contributed by atoms with E-state index in [1.807, 2.05) is 0 Å². The molecule has 0 saturated carbocycles. The molecule has 0 aliphatic rings. The Morgan fingerprint density at radius 3 is 2.88 bits per heavy atom. The van der Waals surface area contributed by atoms with Gasteiger partial charge in [-0.2, -0.15) is 0 Å². The summed E-state index contributed by atoms with van der Waals surface area (Å²) < 4.78 is 18.1. The van der Waals surface area contributed by atoms with Crippen LogP contribution in [-0.2, 0) is 4.79 Å². The molecule has 90 valence electrons. The molecule has 1 rings (SSSR count). The first-order valence-electron chi connectivity index (χ1n) is 4.80. The van der Waals surface area contributed by atoms with Gasteiger partial charge >= 0.3 is 5.97 Å². The maximum Gasteiger partial charge on any atom is 0.344 e. The SMILES string of the molecule is C#Cc1cc(Br)ccc1OC(CCF)C(=O)O. The first-order valence-corrected chi connectivity index (χ1v) is 5.59. The number of carboxylic acids is 1. The highest BCUT2D eigenvalue weighted by Gasteiger charge is 2.20. The first kappa shape index (κ1) is 13.5. The molecule has 0 saturated heterocycles. The zero-order valence-electron chi connectivity index (χ0n) is 8.82. The van der Waals surface area contributed by atoms with Crippen LogP contribution in [-0.4, -0.2) is 23.9 Å². The van der Waals surface area contributed by atoms with Crippen molar-refractivity contribution in [1.82, 2.24) is 0 Å². The van der Waals surface area contributed by atoms with Crippen LogP contribution in [0.2, 0.25) is 0 Å². The Kier molecular flexibility index (Phi) is 4.98. The predicted molar refractivity (Wildman–Crippen MR) is 64.7 cm³/mol. The fourth-order valence-electron chi connectivity index (χ4n) is 1.20. The molecule has 0 spiro atoms. The van der Waals surface area contributed by atoms with Crippen LogP contribution in [0.5, 0.6) is 5.75 Å². The quantitative estimate of drug-likeness (QED) is 0.850. The van der Waals surface area contributed by atoms with Crippen molar-refractivity contribution in [2.24, 2.45) is 0 Å². The van der Waals surface area contributed by atoms with Gasteiger partial charge in [0.25, 0.3) is 0 Å². The number of alkyl halides is 1. The third-order valence-electron chi connectivity index (χ3n) is 2.01. The molecule has 0 heterocycles. The molecule has 1 N–H and O–H groups in total. The van der Waals surface area contributed by atoms with Crippen LogP contribution in [0.25, 0.3) is 0 Å². The molecule has 0 amide bonds. The van der Waals surface area contributed by atoms with E-state index in [1.54, 1.807) is 18.2 Å². The molecule has 17 heavy (non-hydrogen) atoms. The topological polar surface area (TPSA) is 46.5 Å². The summed E-state index contributed by atoms with van der Waals surface area (Å²) in [7, 11) is 0. The summed E-state index contributed by atoms with van der Waals surface area (Å²) in [6, 6.07) is 4.85. The van der Waals surface area contributed by atoms with Gasteiger partial charge in [0, 0.05) is 10.9 Å². The Morgan fingerprint density at radius 1 is 1.65 bits per heavy atom. The van der Waals surface area contributed by atoms with E-state index in [0.717, 1.165) is 4.47 Å². The maximum atomic E-state index is 12.2. The van der Waals surface area contributed by atoms with Gasteiger partial charge in [0.1, 0.15) is 5.75 Å². The summed E-state index contributed by atoms with van der Waals surface area (Å²) in [6.07, 6.45) is 3.83. The number of hydrogen-bond donors (Lipinski definition) is 1. The van der Waals surface area contributed by atoms with Crippen molar-refractivity contribution in [2.45, 2.75) is 12.5 Å². The van der Waals surface area contributed by atoms with Crippen LogP contribution in [0.1, 0.15) is 12.0 Å². The number of carbonyl (C=O) groups is 1. The van der Waals surface area contributed by atoms with E-state index < -0.39 is 18.7 Å². The smallest absolute Gasteiger partial charge is 0.344 e. The minimum absolute atomic E-state index is 0.213. The number of rotatable bonds is 5. The maximum absolute atomic E-state index is 12.2. The molecule has 0 aliphatic heterocycles. The minimum atomic E-state index is -1.23. The van der Waals surface area contributed by atoms with E-state index in [0.29, 0.717) is 5.56 Å². The average molecular weight is 301 g/mol. The monoisotopic (exact) mass is 300 g/mol. The summed E-state index contributed by atoms with van der Waals surface area (Å²) in [5.74, 6) is 1.43. The van der Waals surface area contributed by atoms with Crippen LogP contribution >= 0.6 is 15.9 Å². The molecular weight excluding hydrogens is 291 g/mol. The number of hydrogen-bond acceptors (Lipinski definition) is 2. The molecule has 1 atom stereocenters. The van der Waals surface area contributed by atoms with Crippen molar-refractivity contribution in [3.8, 4) is 18.1 Å². The Labute approximate surface area is 107 Å². The highest BCUT2D eigenvalue weighted by atomic mass is 79.9. The highest BCUT2D eigenvalue weighted by Crippen LogP contribution is 2.24. The minimum Gasteiger partial charge on any atom is -0.479 e. The van der Waals surface area contributed by atoms with Gasteiger partial charge in [-0.25, -0.2) is 4.79 Å². The van der Waals surface area contributed by atoms with Crippen molar-refractivity contribution in [2.75, 3.05) is 6.67 Å². The predicted octanol–water partition coefficient (Wildman–Crippen LogP) is 2.62.